The van der Waals surface area contributed by atoms with E-state index in [1.165, 1.54) is 10.4 Å². The van der Waals surface area contributed by atoms with Crippen LogP contribution in [-0.2, 0) is 4.74 Å². The van der Waals surface area contributed by atoms with Gasteiger partial charge in [-0.1, -0.05) is 0 Å². The Balaban J connectivity index is 2.19. The van der Waals surface area contributed by atoms with E-state index < -0.39 is 0 Å². The maximum atomic E-state index is 6.03. The van der Waals surface area contributed by atoms with Gasteiger partial charge in [0.25, 0.3) is 0 Å². The Morgan fingerprint density at radius 3 is 2.67 bits per heavy atom. The maximum Gasteiger partial charge on any atom is 0.225 e. The molecule has 4 nitrogen and oxygen atoms in total. The predicted molar refractivity (Wildman–Crippen MR) is 74.9 cm³/mol. The molecule has 96 valence electrons. The standard InChI is InChI=1S/C12H14ClN3OS/c1-7-8(2)18-11-9(7)10(14-12(13)15-11)16-3-5-17-6-4-16/h3-6H2,1-2H3. The van der Waals surface area contributed by atoms with Gasteiger partial charge in [-0.05, 0) is 31.0 Å². The summed E-state index contributed by atoms with van der Waals surface area (Å²) in [5, 5.41) is 1.47. The average Bonchev–Trinajstić information content (AvgIpc) is 2.65. The van der Waals surface area contributed by atoms with E-state index in [9.17, 15) is 0 Å². The monoisotopic (exact) mass is 283 g/mol. The molecular formula is C12H14ClN3OS. The second kappa shape index (κ2) is 4.64. The maximum absolute atomic E-state index is 6.03. The molecular weight excluding hydrogens is 270 g/mol. The van der Waals surface area contributed by atoms with Crippen LogP contribution >= 0.6 is 22.9 Å². The van der Waals surface area contributed by atoms with Gasteiger partial charge in [0.2, 0.25) is 5.28 Å². The molecule has 0 unspecified atom stereocenters. The summed E-state index contributed by atoms with van der Waals surface area (Å²) in [4.78, 5) is 13.2. The van der Waals surface area contributed by atoms with E-state index in [0.29, 0.717) is 5.28 Å². The van der Waals surface area contributed by atoms with Crippen LogP contribution < -0.4 is 4.90 Å². The third-order valence-corrected chi connectivity index (χ3v) is 4.56. The van der Waals surface area contributed by atoms with Crippen molar-refractivity contribution in [3.63, 3.8) is 0 Å². The van der Waals surface area contributed by atoms with Gasteiger partial charge >= 0.3 is 0 Å². The van der Waals surface area contributed by atoms with Gasteiger partial charge in [0, 0.05) is 18.0 Å². The molecule has 0 radical (unpaired) electrons. The quantitative estimate of drug-likeness (QED) is 0.755. The average molecular weight is 284 g/mol. The first-order chi connectivity index (χ1) is 8.66. The second-order valence-corrected chi connectivity index (χ2v) is 5.92. The lowest BCUT2D eigenvalue weighted by atomic mass is 10.2. The summed E-state index contributed by atoms with van der Waals surface area (Å²) < 4.78 is 5.38. The molecule has 0 aliphatic carbocycles. The van der Waals surface area contributed by atoms with Gasteiger partial charge in [-0.15, -0.1) is 11.3 Å². The third kappa shape index (κ3) is 1.96. The van der Waals surface area contributed by atoms with E-state index in [1.807, 2.05) is 0 Å². The Morgan fingerprint density at radius 2 is 1.94 bits per heavy atom. The zero-order valence-electron chi connectivity index (χ0n) is 10.4. The van der Waals surface area contributed by atoms with Crippen LogP contribution in [0.2, 0.25) is 5.28 Å². The zero-order chi connectivity index (χ0) is 12.7. The van der Waals surface area contributed by atoms with E-state index in [-0.39, 0.29) is 0 Å². The summed E-state index contributed by atoms with van der Waals surface area (Å²) in [6.45, 7) is 7.43. The summed E-state index contributed by atoms with van der Waals surface area (Å²) in [6, 6.07) is 0. The Kier molecular flexibility index (Phi) is 3.13. The summed E-state index contributed by atoms with van der Waals surface area (Å²) in [5.41, 5.74) is 1.26. The minimum absolute atomic E-state index is 0.324. The minimum atomic E-state index is 0.324. The highest BCUT2D eigenvalue weighted by molar-refractivity contribution is 7.18. The first kappa shape index (κ1) is 12.1. The molecule has 0 amide bonds. The number of morpholine rings is 1. The molecule has 3 rings (SSSR count). The molecule has 0 N–H and O–H groups in total. The molecule has 0 atom stereocenters. The Labute approximate surface area is 115 Å². The number of ether oxygens (including phenoxy) is 1. The molecule has 0 spiro atoms. The van der Waals surface area contributed by atoms with Crippen LogP contribution in [0.5, 0.6) is 0 Å². The van der Waals surface area contributed by atoms with Gasteiger partial charge in [0.1, 0.15) is 10.6 Å². The summed E-state index contributed by atoms with van der Waals surface area (Å²) in [6.07, 6.45) is 0. The molecule has 2 aromatic heterocycles. The van der Waals surface area contributed by atoms with E-state index in [1.54, 1.807) is 11.3 Å². The van der Waals surface area contributed by atoms with Gasteiger partial charge in [-0.3, -0.25) is 0 Å². The summed E-state index contributed by atoms with van der Waals surface area (Å²) in [5.74, 6) is 0.954. The number of fused-ring (bicyclic) bond motifs is 1. The van der Waals surface area contributed by atoms with Gasteiger partial charge < -0.3 is 9.64 Å². The molecule has 1 fully saturated rings. The number of hydrogen-bond acceptors (Lipinski definition) is 5. The number of rotatable bonds is 1. The summed E-state index contributed by atoms with van der Waals surface area (Å²) >= 11 is 7.71. The fraction of sp³-hybridized carbons (Fsp3) is 0.500. The van der Waals surface area contributed by atoms with Crippen molar-refractivity contribution in [3.8, 4) is 0 Å². The molecule has 0 bridgehead atoms. The number of hydrogen-bond donors (Lipinski definition) is 0. The number of aryl methyl sites for hydroxylation is 2. The van der Waals surface area contributed by atoms with Crippen molar-refractivity contribution in [1.29, 1.82) is 0 Å². The van der Waals surface area contributed by atoms with Crippen LogP contribution in [0.15, 0.2) is 0 Å². The molecule has 1 saturated heterocycles. The summed E-state index contributed by atoms with van der Waals surface area (Å²) in [7, 11) is 0. The fourth-order valence-electron chi connectivity index (χ4n) is 2.21. The highest BCUT2D eigenvalue weighted by atomic mass is 35.5. The first-order valence-corrected chi connectivity index (χ1v) is 7.12. The molecule has 0 saturated carbocycles. The van der Waals surface area contributed by atoms with Crippen molar-refractivity contribution < 1.29 is 4.74 Å². The van der Waals surface area contributed by atoms with E-state index in [4.69, 9.17) is 16.3 Å². The van der Waals surface area contributed by atoms with Crippen LogP contribution in [0.25, 0.3) is 10.2 Å². The lowest BCUT2D eigenvalue weighted by Gasteiger charge is -2.28. The third-order valence-electron chi connectivity index (χ3n) is 3.29. The molecule has 6 heteroatoms. The first-order valence-electron chi connectivity index (χ1n) is 5.93. The minimum Gasteiger partial charge on any atom is -0.378 e. The molecule has 0 aromatic carbocycles. The zero-order valence-corrected chi connectivity index (χ0v) is 11.9. The smallest absolute Gasteiger partial charge is 0.225 e. The molecule has 18 heavy (non-hydrogen) atoms. The van der Waals surface area contributed by atoms with Crippen molar-refractivity contribution >= 4 is 39.0 Å². The fourth-order valence-corrected chi connectivity index (χ4v) is 3.45. The largest absolute Gasteiger partial charge is 0.378 e. The van der Waals surface area contributed by atoms with Gasteiger partial charge in [0.05, 0.1) is 18.6 Å². The number of thiophene rings is 1. The van der Waals surface area contributed by atoms with Crippen LogP contribution in [0, 0.1) is 13.8 Å². The van der Waals surface area contributed by atoms with Crippen molar-refractivity contribution in [2.24, 2.45) is 0 Å². The molecule has 1 aliphatic heterocycles. The second-order valence-electron chi connectivity index (χ2n) is 4.38. The van der Waals surface area contributed by atoms with Gasteiger partial charge in [-0.2, -0.15) is 4.98 Å². The van der Waals surface area contributed by atoms with Crippen LogP contribution in [0.4, 0.5) is 5.82 Å². The Bertz CT molecular complexity index is 593. The van der Waals surface area contributed by atoms with Crippen LogP contribution in [0.3, 0.4) is 0 Å². The van der Waals surface area contributed by atoms with E-state index in [0.717, 1.165) is 42.3 Å². The molecule has 1 aliphatic rings. The van der Waals surface area contributed by atoms with Gasteiger partial charge in [0.15, 0.2) is 0 Å². The Hall–Kier alpha value is -0.910. The number of nitrogens with zero attached hydrogens (tertiary/aromatic N) is 3. The lowest BCUT2D eigenvalue weighted by molar-refractivity contribution is 0.122. The number of aromatic nitrogens is 2. The highest BCUT2D eigenvalue weighted by Crippen LogP contribution is 2.35. The van der Waals surface area contributed by atoms with Gasteiger partial charge in [-0.25, -0.2) is 4.98 Å². The van der Waals surface area contributed by atoms with E-state index >= 15 is 0 Å². The number of anilines is 1. The SMILES string of the molecule is Cc1sc2nc(Cl)nc(N3CCOCC3)c2c1C. The molecule has 3 heterocycles. The van der Waals surface area contributed by atoms with Crippen LogP contribution in [-0.4, -0.2) is 36.3 Å². The highest BCUT2D eigenvalue weighted by Gasteiger charge is 2.20. The number of halogens is 1. The lowest BCUT2D eigenvalue weighted by Crippen LogP contribution is -2.37. The molecule has 2 aromatic rings. The normalized spacial score (nSPS) is 16.5. The van der Waals surface area contributed by atoms with Crippen LogP contribution in [0.1, 0.15) is 10.4 Å². The van der Waals surface area contributed by atoms with E-state index in [2.05, 4.69) is 28.7 Å². The van der Waals surface area contributed by atoms with Crippen molar-refractivity contribution in [3.05, 3.63) is 15.7 Å². The Morgan fingerprint density at radius 1 is 1.22 bits per heavy atom. The predicted octanol–water partition coefficient (Wildman–Crippen LogP) is 2.80. The van der Waals surface area contributed by atoms with Crippen molar-refractivity contribution in [2.45, 2.75) is 13.8 Å². The van der Waals surface area contributed by atoms with Crippen molar-refractivity contribution in [2.75, 3.05) is 31.2 Å². The van der Waals surface area contributed by atoms with Crippen molar-refractivity contribution in [1.82, 2.24) is 9.97 Å². The topological polar surface area (TPSA) is 38.2 Å².